The highest BCUT2D eigenvalue weighted by molar-refractivity contribution is 5.91. The Morgan fingerprint density at radius 3 is 2.65 bits per heavy atom. The molecule has 166 valence electrons. The second kappa shape index (κ2) is 10.1. The maximum Gasteiger partial charge on any atom is 0.320 e. The maximum absolute atomic E-state index is 12.4. The van der Waals surface area contributed by atoms with Gasteiger partial charge in [-0.1, -0.05) is 44.0 Å². The number of fused-ring (bicyclic) bond motifs is 1. The van der Waals surface area contributed by atoms with Crippen LogP contribution in [0.4, 0.5) is 11.6 Å². The number of nitrogens with two attached hydrogens (primary N) is 1. The molecule has 0 saturated carbocycles. The minimum absolute atomic E-state index is 0.132. The van der Waals surface area contributed by atoms with Crippen LogP contribution >= 0.6 is 0 Å². The van der Waals surface area contributed by atoms with E-state index >= 15 is 0 Å². The Morgan fingerprint density at radius 1 is 1.10 bits per heavy atom. The van der Waals surface area contributed by atoms with Gasteiger partial charge in [0.1, 0.15) is 11.6 Å². The lowest BCUT2D eigenvalue weighted by molar-refractivity contribution is -0.117. The monoisotopic (exact) mass is 423 g/mol. The Kier molecular flexibility index (Phi) is 7.02. The summed E-state index contributed by atoms with van der Waals surface area (Å²) in [5.74, 6) is 1.20. The lowest BCUT2D eigenvalue weighted by Crippen LogP contribution is -2.36. The molecule has 0 unspecified atom stereocenters. The number of hydrogen-bond acceptors (Lipinski definition) is 7. The zero-order valence-electron chi connectivity index (χ0n) is 18.5. The van der Waals surface area contributed by atoms with Gasteiger partial charge in [-0.05, 0) is 43.5 Å². The quantitative estimate of drug-likeness (QED) is 0.619. The van der Waals surface area contributed by atoms with Crippen LogP contribution in [0.25, 0.3) is 0 Å². The molecule has 0 atom stereocenters. The average Bonchev–Trinajstić information content (AvgIpc) is 3.25. The molecule has 0 spiro atoms. The SMILES string of the molecule is CCCCCOc1nc(N)c2c(n1)N(Cc1cccc(CN3CCCC3)c1)CC(=O)C2. The van der Waals surface area contributed by atoms with Gasteiger partial charge in [0.15, 0.2) is 5.78 Å². The van der Waals surface area contributed by atoms with Crippen molar-refractivity contribution in [3.63, 3.8) is 0 Å². The van der Waals surface area contributed by atoms with Crippen molar-refractivity contribution in [2.45, 2.75) is 58.5 Å². The molecule has 1 fully saturated rings. The fraction of sp³-hybridized carbons (Fsp3) is 0.542. The molecule has 2 N–H and O–H groups in total. The third-order valence-corrected chi connectivity index (χ3v) is 5.99. The lowest BCUT2D eigenvalue weighted by atomic mass is 10.0. The smallest absolute Gasteiger partial charge is 0.320 e. The van der Waals surface area contributed by atoms with Gasteiger partial charge in [0.2, 0.25) is 0 Å². The second-order valence-electron chi connectivity index (χ2n) is 8.62. The minimum atomic E-state index is 0.132. The topological polar surface area (TPSA) is 84.6 Å². The molecule has 2 aliphatic rings. The van der Waals surface area contributed by atoms with Crippen molar-refractivity contribution in [3.8, 4) is 6.01 Å². The van der Waals surface area contributed by atoms with E-state index in [1.807, 2.05) is 4.90 Å². The third kappa shape index (κ3) is 5.53. The predicted octanol–water partition coefficient (Wildman–Crippen LogP) is 3.36. The number of anilines is 2. The van der Waals surface area contributed by atoms with Crippen LogP contribution in [0.3, 0.4) is 0 Å². The van der Waals surface area contributed by atoms with Crippen LogP contribution in [0.1, 0.15) is 55.7 Å². The molecule has 7 heteroatoms. The number of nitrogens with zero attached hydrogens (tertiary/aromatic N) is 4. The third-order valence-electron chi connectivity index (χ3n) is 5.99. The van der Waals surface area contributed by atoms with E-state index in [0.29, 0.717) is 37.1 Å². The molecular weight excluding hydrogens is 390 g/mol. The number of aromatic nitrogens is 2. The highest BCUT2D eigenvalue weighted by Gasteiger charge is 2.28. The van der Waals surface area contributed by atoms with Crippen LogP contribution < -0.4 is 15.4 Å². The molecule has 7 nitrogen and oxygen atoms in total. The second-order valence-corrected chi connectivity index (χ2v) is 8.62. The van der Waals surface area contributed by atoms with Gasteiger partial charge in [-0.3, -0.25) is 9.69 Å². The lowest BCUT2D eigenvalue weighted by Gasteiger charge is -2.30. The van der Waals surface area contributed by atoms with Crippen molar-refractivity contribution in [2.75, 3.05) is 36.9 Å². The van der Waals surface area contributed by atoms with Crippen LogP contribution in [-0.4, -0.2) is 46.9 Å². The Labute approximate surface area is 184 Å². The van der Waals surface area contributed by atoms with Crippen LogP contribution in [0.2, 0.25) is 0 Å². The standard InChI is InChI=1S/C24H33N5O2/c1-2-3-6-12-31-24-26-22(25)21-14-20(30)17-29(23(21)27-24)16-19-9-7-8-18(13-19)15-28-10-4-5-11-28/h7-9,13H,2-6,10-12,14-17H2,1H3,(H2,25,26,27). The summed E-state index contributed by atoms with van der Waals surface area (Å²) in [7, 11) is 0. The molecule has 1 aromatic carbocycles. The number of carbonyl (C=O) groups excluding carboxylic acids is 1. The van der Waals surface area contributed by atoms with Gasteiger partial charge in [-0.25, -0.2) is 0 Å². The maximum atomic E-state index is 12.4. The number of nitrogen functional groups attached to an aromatic ring is 1. The molecule has 1 aromatic heterocycles. The Balaban J connectivity index is 1.51. The summed E-state index contributed by atoms with van der Waals surface area (Å²) < 4.78 is 5.75. The highest BCUT2D eigenvalue weighted by atomic mass is 16.5. The van der Waals surface area contributed by atoms with Gasteiger partial charge in [-0.2, -0.15) is 9.97 Å². The van der Waals surface area contributed by atoms with Crippen molar-refractivity contribution in [3.05, 3.63) is 41.0 Å². The molecule has 2 aromatic rings. The number of carbonyl (C=O) groups is 1. The first kappa shape index (κ1) is 21.6. The van der Waals surface area contributed by atoms with Gasteiger partial charge in [0, 0.05) is 25.1 Å². The first-order valence-electron chi connectivity index (χ1n) is 11.5. The van der Waals surface area contributed by atoms with Gasteiger partial charge in [-0.15, -0.1) is 0 Å². The summed E-state index contributed by atoms with van der Waals surface area (Å²) in [4.78, 5) is 25.8. The van der Waals surface area contributed by atoms with E-state index in [9.17, 15) is 4.79 Å². The Morgan fingerprint density at radius 2 is 1.87 bits per heavy atom. The van der Waals surface area contributed by atoms with E-state index in [1.54, 1.807) is 0 Å². The molecule has 0 amide bonds. The summed E-state index contributed by atoms with van der Waals surface area (Å²) in [5, 5.41) is 0. The Bertz CT molecular complexity index is 911. The predicted molar refractivity (Wildman–Crippen MR) is 122 cm³/mol. The van der Waals surface area contributed by atoms with E-state index in [4.69, 9.17) is 10.5 Å². The van der Waals surface area contributed by atoms with Crippen LogP contribution in [0.15, 0.2) is 24.3 Å². The minimum Gasteiger partial charge on any atom is -0.463 e. The Hall–Kier alpha value is -2.67. The number of ether oxygens (including phenoxy) is 1. The summed E-state index contributed by atoms with van der Waals surface area (Å²) in [6.45, 7) is 7.00. The molecule has 0 aliphatic carbocycles. The van der Waals surface area contributed by atoms with E-state index in [0.717, 1.165) is 31.6 Å². The van der Waals surface area contributed by atoms with E-state index in [2.05, 4.69) is 46.1 Å². The first-order chi connectivity index (χ1) is 15.1. The van der Waals surface area contributed by atoms with Gasteiger partial charge in [0.05, 0.1) is 13.2 Å². The zero-order valence-corrected chi connectivity index (χ0v) is 18.5. The van der Waals surface area contributed by atoms with Crippen LogP contribution in [-0.2, 0) is 24.3 Å². The number of likely N-dealkylation sites (tertiary alicyclic amines) is 1. The summed E-state index contributed by atoms with van der Waals surface area (Å²) in [6.07, 6.45) is 6.05. The summed E-state index contributed by atoms with van der Waals surface area (Å²) in [6, 6.07) is 8.93. The van der Waals surface area contributed by atoms with Gasteiger partial charge >= 0.3 is 6.01 Å². The average molecular weight is 424 g/mol. The largest absolute Gasteiger partial charge is 0.463 e. The zero-order chi connectivity index (χ0) is 21.6. The number of unbranched alkanes of at least 4 members (excludes halogenated alkanes) is 2. The molecule has 0 radical (unpaired) electrons. The fourth-order valence-corrected chi connectivity index (χ4v) is 4.40. The van der Waals surface area contributed by atoms with E-state index < -0.39 is 0 Å². The number of Topliss-reactive ketones (excluding diaryl/α,β-unsaturated/α-hetero) is 1. The normalized spacial score (nSPS) is 16.5. The van der Waals surface area contributed by atoms with Crippen molar-refractivity contribution in [2.24, 2.45) is 0 Å². The fourth-order valence-electron chi connectivity index (χ4n) is 4.40. The number of benzene rings is 1. The molecule has 0 bridgehead atoms. The molecule has 1 saturated heterocycles. The first-order valence-corrected chi connectivity index (χ1v) is 11.5. The van der Waals surface area contributed by atoms with Crippen molar-refractivity contribution in [1.82, 2.24) is 14.9 Å². The van der Waals surface area contributed by atoms with Crippen LogP contribution in [0, 0.1) is 0 Å². The van der Waals surface area contributed by atoms with Crippen LogP contribution in [0.5, 0.6) is 6.01 Å². The molecule has 2 aliphatic heterocycles. The molecule has 3 heterocycles. The number of hydrogen-bond donors (Lipinski definition) is 1. The summed E-state index contributed by atoms with van der Waals surface area (Å²) >= 11 is 0. The van der Waals surface area contributed by atoms with Gasteiger partial charge < -0.3 is 15.4 Å². The van der Waals surface area contributed by atoms with Gasteiger partial charge in [0.25, 0.3) is 0 Å². The van der Waals surface area contributed by atoms with E-state index in [1.165, 1.54) is 37.1 Å². The van der Waals surface area contributed by atoms with Crippen molar-refractivity contribution in [1.29, 1.82) is 0 Å². The number of ketones is 1. The van der Waals surface area contributed by atoms with Crippen molar-refractivity contribution >= 4 is 17.4 Å². The molecule has 4 rings (SSSR count). The van der Waals surface area contributed by atoms with Crippen molar-refractivity contribution < 1.29 is 9.53 Å². The number of rotatable bonds is 9. The molecular formula is C24H33N5O2. The highest BCUT2D eigenvalue weighted by Crippen LogP contribution is 2.30. The van der Waals surface area contributed by atoms with E-state index in [-0.39, 0.29) is 12.2 Å². The summed E-state index contributed by atoms with van der Waals surface area (Å²) in [5.41, 5.74) is 9.38. The molecule has 31 heavy (non-hydrogen) atoms.